The molecule has 0 aromatic heterocycles. The summed E-state index contributed by atoms with van der Waals surface area (Å²) in [5.41, 5.74) is 4.57. The van der Waals surface area contributed by atoms with E-state index in [0.717, 1.165) is 37.7 Å². The molecule has 4 nitrogen and oxygen atoms in total. The monoisotopic (exact) mass is 447 g/mol. The summed E-state index contributed by atoms with van der Waals surface area (Å²) in [6.45, 7) is 11.2. The van der Waals surface area contributed by atoms with Crippen molar-refractivity contribution in [2.75, 3.05) is 6.54 Å². The molecular formula is C29H37NO3. The van der Waals surface area contributed by atoms with Crippen molar-refractivity contribution < 1.29 is 14.3 Å². The SMILES string of the molecule is CC(=O)Oc1cc2c(cc1C(C)C)CC[C@H]1[C@](C)(CNC(=O)c3ccccc3)CCC[C@]21C. The van der Waals surface area contributed by atoms with Crippen LogP contribution in [0.3, 0.4) is 0 Å². The summed E-state index contributed by atoms with van der Waals surface area (Å²) in [5, 5.41) is 3.24. The van der Waals surface area contributed by atoms with Gasteiger partial charge in [0.15, 0.2) is 0 Å². The Balaban J connectivity index is 1.64. The molecule has 0 bridgehead atoms. The van der Waals surface area contributed by atoms with Crippen LogP contribution in [0.5, 0.6) is 5.75 Å². The van der Waals surface area contributed by atoms with Gasteiger partial charge in [-0.05, 0) is 83.2 Å². The molecule has 4 heteroatoms. The van der Waals surface area contributed by atoms with Gasteiger partial charge in [-0.15, -0.1) is 0 Å². The molecule has 3 atom stereocenters. The smallest absolute Gasteiger partial charge is 0.308 e. The topological polar surface area (TPSA) is 55.4 Å². The van der Waals surface area contributed by atoms with Gasteiger partial charge < -0.3 is 10.1 Å². The number of carbonyl (C=O) groups excluding carboxylic acids is 2. The first-order valence-electron chi connectivity index (χ1n) is 12.3. The number of rotatable bonds is 5. The highest BCUT2D eigenvalue weighted by atomic mass is 16.5. The number of fused-ring (bicyclic) bond motifs is 3. The minimum atomic E-state index is -0.272. The molecule has 33 heavy (non-hydrogen) atoms. The van der Waals surface area contributed by atoms with Crippen LogP contribution >= 0.6 is 0 Å². The largest absolute Gasteiger partial charge is 0.426 e. The average molecular weight is 448 g/mol. The second-order valence-corrected chi connectivity index (χ2v) is 10.9. The second-order valence-electron chi connectivity index (χ2n) is 10.9. The van der Waals surface area contributed by atoms with Crippen LogP contribution in [0.2, 0.25) is 0 Å². The molecule has 2 aliphatic rings. The lowest BCUT2D eigenvalue weighted by atomic mass is 9.49. The second kappa shape index (κ2) is 8.96. The molecular weight excluding hydrogens is 410 g/mol. The van der Waals surface area contributed by atoms with Crippen molar-refractivity contribution in [3.05, 3.63) is 64.7 Å². The Kier molecular flexibility index (Phi) is 6.39. The Labute approximate surface area is 198 Å². The van der Waals surface area contributed by atoms with Crippen molar-refractivity contribution in [1.82, 2.24) is 5.32 Å². The normalized spacial score (nSPS) is 26.3. The van der Waals surface area contributed by atoms with E-state index in [1.807, 2.05) is 30.3 Å². The standard InChI is InChI=1S/C29H37NO3/c1-19(2)23-16-22-12-13-26-28(4,18-30-27(32)21-10-7-6-8-11-21)14-9-15-29(26,5)24(22)17-25(23)33-20(3)31/h6-8,10-11,16-17,19,26H,9,12-15,18H2,1-5H3,(H,30,32)/t26-,28-,29+/m0/s1. The Hall–Kier alpha value is -2.62. The quantitative estimate of drug-likeness (QED) is 0.440. The number of benzene rings is 2. The van der Waals surface area contributed by atoms with Crippen molar-refractivity contribution in [3.8, 4) is 5.75 Å². The highest BCUT2D eigenvalue weighted by molar-refractivity contribution is 5.94. The third kappa shape index (κ3) is 4.45. The van der Waals surface area contributed by atoms with E-state index in [-0.39, 0.29) is 22.7 Å². The fourth-order valence-electron chi connectivity index (χ4n) is 6.53. The summed E-state index contributed by atoms with van der Waals surface area (Å²) in [6.07, 6.45) is 5.49. The molecule has 0 radical (unpaired) electrons. The molecule has 1 N–H and O–H groups in total. The molecule has 0 heterocycles. The maximum atomic E-state index is 12.8. The molecule has 1 fully saturated rings. The Morgan fingerprint density at radius 1 is 1.12 bits per heavy atom. The van der Waals surface area contributed by atoms with Crippen molar-refractivity contribution in [3.63, 3.8) is 0 Å². The lowest BCUT2D eigenvalue weighted by Crippen LogP contribution is -2.53. The molecule has 2 aromatic carbocycles. The first-order chi connectivity index (χ1) is 15.6. The van der Waals surface area contributed by atoms with E-state index in [1.54, 1.807) is 0 Å². The minimum absolute atomic E-state index is 0.000897. The number of ether oxygens (including phenoxy) is 1. The van der Waals surface area contributed by atoms with Crippen LogP contribution in [0.25, 0.3) is 0 Å². The first kappa shape index (κ1) is 23.5. The Morgan fingerprint density at radius 2 is 1.85 bits per heavy atom. The first-order valence-corrected chi connectivity index (χ1v) is 12.3. The van der Waals surface area contributed by atoms with Crippen LogP contribution < -0.4 is 10.1 Å². The van der Waals surface area contributed by atoms with E-state index in [2.05, 4.69) is 45.1 Å². The molecule has 0 saturated heterocycles. The number of esters is 1. The highest BCUT2D eigenvalue weighted by Crippen LogP contribution is 2.57. The van der Waals surface area contributed by atoms with Crippen molar-refractivity contribution >= 4 is 11.9 Å². The molecule has 1 amide bonds. The minimum Gasteiger partial charge on any atom is -0.426 e. The molecule has 2 aliphatic carbocycles. The molecule has 0 spiro atoms. The highest BCUT2D eigenvalue weighted by Gasteiger charge is 2.52. The third-order valence-electron chi connectivity index (χ3n) is 8.17. The van der Waals surface area contributed by atoms with Gasteiger partial charge in [0.25, 0.3) is 5.91 Å². The summed E-state index contributed by atoms with van der Waals surface area (Å²) in [4.78, 5) is 24.6. The molecule has 0 aliphatic heterocycles. The summed E-state index contributed by atoms with van der Waals surface area (Å²) < 4.78 is 5.68. The zero-order chi connectivity index (χ0) is 23.8. The van der Waals surface area contributed by atoms with E-state index in [1.165, 1.54) is 18.1 Å². The summed E-state index contributed by atoms with van der Waals surface area (Å²) >= 11 is 0. The molecule has 1 saturated carbocycles. The van der Waals surface area contributed by atoms with E-state index in [4.69, 9.17) is 4.74 Å². The number of aryl methyl sites for hydroxylation is 1. The van der Waals surface area contributed by atoms with E-state index in [9.17, 15) is 9.59 Å². The number of hydrogen-bond donors (Lipinski definition) is 1. The summed E-state index contributed by atoms with van der Waals surface area (Å²) in [7, 11) is 0. The number of nitrogens with one attached hydrogen (secondary N) is 1. The van der Waals surface area contributed by atoms with Gasteiger partial charge in [-0.25, -0.2) is 0 Å². The van der Waals surface area contributed by atoms with Gasteiger partial charge in [0.2, 0.25) is 0 Å². The van der Waals surface area contributed by atoms with Gasteiger partial charge in [-0.3, -0.25) is 9.59 Å². The van der Waals surface area contributed by atoms with Crippen LogP contribution in [0.4, 0.5) is 0 Å². The van der Waals surface area contributed by atoms with Crippen LogP contribution in [0.1, 0.15) is 93.3 Å². The van der Waals surface area contributed by atoms with Crippen molar-refractivity contribution in [1.29, 1.82) is 0 Å². The van der Waals surface area contributed by atoms with Crippen LogP contribution in [-0.2, 0) is 16.6 Å². The van der Waals surface area contributed by atoms with Crippen molar-refractivity contribution in [2.45, 2.75) is 78.1 Å². The average Bonchev–Trinajstić information content (AvgIpc) is 2.77. The predicted molar refractivity (Wildman–Crippen MR) is 132 cm³/mol. The van der Waals surface area contributed by atoms with Gasteiger partial charge in [-0.2, -0.15) is 0 Å². The summed E-state index contributed by atoms with van der Waals surface area (Å²) in [5.74, 6) is 1.19. The molecule has 4 rings (SSSR count). The van der Waals surface area contributed by atoms with Gasteiger partial charge in [0.1, 0.15) is 5.75 Å². The van der Waals surface area contributed by atoms with Crippen LogP contribution in [0.15, 0.2) is 42.5 Å². The third-order valence-corrected chi connectivity index (χ3v) is 8.17. The van der Waals surface area contributed by atoms with E-state index in [0.29, 0.717) is 29.7 Å². The zero-order valence-electron chi connectivity index (χ0n) is 20.7. The lowest BCUT2D eigenvalue weighted by Gasteiger charge is -2.55. The number of hydrogen-bond acceptors (Lipinski definition) is 3. The predicted octanol–water partition coefficient (Wildman–Crippen LogP) is 6.18. The Bertz CT molecular complexity index is 1040. The van der Waals surface area contributed by atoms with E-state index >= 15 is 0 Å². The molecule has 176 valence electrons. The maximum Gasteiger partial charge on any atom is 0.308 e. The van der Waals surface area contributed by atoms with E-state index < -0.39 is 0 Å². The van der Waals surface area contributed by atoms with Gasteiger partial charge >= 0.3 is 5.97 Å². The Morgan fingerprint density at radius 3 is 2.52 bits per heavy atom. The van der Waals surface area contributed by atoms with Gasteiger partial charge in [0, 0.05) is 19.0 Å². The fraction of sp³-hybridized carbons (Fsp3) is 0.517. The number of amides is 1. The lowest BCUT2D eigenvalue weighted by molar-refractivity contribution is -0.131. The molecule has 0 unspecified atom stereocenters. The molecule has 2 aromatic rings. The van der Waals surface area contributed by atoms with Crippen molar-refractivity contribution in [2.24, 2.45) is 11.3 Å². The fourth-order valence-corrected chi connectivity index (χ4v) is 6.53. The van der Waals surface area contributed by atoms with Gasteiger partial charge in [0.05, 0.1) is 0 Å². The summed E-state index contributed by atoms with van der Waals surface area (Å²) in [6, 6.07) is 13.9. The number of carbonyl (C=O) groups is 2. The van der Waals surface area contributed by atoms with Crippen LogP contribution in [-0.4, -0.2) is 18.4 Å². The zero-order valence-corrected chi connectivity index (χ0v) is 20.7. The maximum absolute atomic E-state index is 12.8. The van der Waals surface area contributed by atoms with Gasteiger partial charge in [-0.1, -0.05) is 58.4 Å². The van der Waals surface area contributed by atoms with Crippen LogP contribution in [0, 0.1) is 11.3 Å².